The summed E-state index contributed by atoms with van der Waals surface area (Å²) < 4.78 is 65.9. The fourth-order valence-electron chi connectivity index (χ4n) is 4.65. The summed E-state index contributed by atoms with van der Waals surface area (Å²) in [6, 6.07) is 5.75. The molecule has 1 aliphatic heterocycles. The molecule has 4 rings (SSSR count). The summed E-state index contributed by atoms with van der Waals surface area (Å²) in [4.78, 5) is 23.8. The van der Waals surface area contributed by atoms with E-state index < -0.39 is 24.2 Å². The molecule has 190 valence electrons. The highest BCUT2D eigenvalue weighted by Gasteiger charge is 2.64. The van der Waals surface area contributed by atoms with Gasteiger partial charge in [0.1, 0.15) is 11.3 Å². The van der Waals surface area contributed by atoms with Crippen molar-refractivity contribution in [2.75, 3.05) is 25.0 Å². The van der Waals surface area contributed by atoms with Crippen LogP contribution in [0.4, 0.5) is 27.6 Å². The summed E-state index contributed by atoms with van der Waals surface area (Å²) in [6.07, 6.45) is 1.03. The summed E-state index contributed by atoms with van der Waals surface area (Å²) in [5, 5.41) is 4.51. The monoisotopic (exact) mass is 491 g/mol. The van der Waals surface area contributed by atoms with Crippen LogP contribution in [0.3, 0.4) is 0 Å². The van der Waals surface area contributed by atoms with Crippen molar-refractivity contribution in [2.45, 2.75) is 63.8 Å². The molecule has 3 fully saturated rings. The zero-order valence-electron chi connectivity index (χ0n) is 19.0. The Balaban J connectivity index is 0.000000215. The number of carbonyl (C=O) groups is 2. The summed E-state index contributed by atoms with van der Waals surface area (Å²) >= 11 is 0. The molecule has 2 saturated carbocycles. The Morgan fingerprint density at radius 1 is 1.21 bits per heavy atom. The van der Waals surface area contributed by atoms with Gasteiger partial charge in [-0.05, 0) is 49.1 Å². The lowest BCUT2D eigenvalue weighted by Gasteiger charge is -2.53. The number of halogens is 5. The fraction of sp³-hybridized carbons (Fsp3) is 0.652. The van der Waals surface area contributed by atoms with Gasteiger partial charge < -0.3 is 15.4 Å². The van der Waals surface area contributed by atoms with Gasteiger partial charge in [-0.3, -0.25) is 14.5 Å². The number of likely N-dealkylation sites (tertiary alicyclic amines) is 1. The minimum absolute atomic E-state index is 0.0156. The molecule has 1 aromatic rings. The lowest BCUT2D eigenvalue weighted by atomic mass is 9.66. The molecule has 1 heterocycles. The van der Waals surface area contributed by atoms with Gasteiger partial charge in [-0.2, -0.15) is 22.0 Å². The van der Waals surface area contributed by atoms with Gasteiger partial charge in [0.25, 0.3) is 0 Å². The molecule has 3 aliphatic rings. The van der Waals surface area contributed by atoms with Crippen LogP contribution in [0.2, 0.25) is 0 Å². The molecule has 1 saturated heterocycles. The van der Waals surface area contributed by atoms with Gasteiger partial charge in [-0.1, -0.05) is 25.8 Å². The first-order valence-corrected chi connectivity index (χ1v) is 11.3. The van der Waals surface area contributed by atoms with Gasteiger partial charge in [0, 0.05) is 24.8 Å². The Kier molecular flexibility index (Phi) is 8.05. The third-order valence-corrected chi connectivity index (χ3v) is 6.78. The van der Waals surface area contributed by atoms with Gasteiger partial charge in [0.05, 0.1) is 6.54 Å². The van der Waals surface area contributed by atoms with Crippen molar-refractivity contribution in [2.24, 2.45) is 11.3 Å². The Hall–Kier alpha value is -2.43. The fourth-order valence-corrected chi connectivity index (χ4v) is 4.65. The van der Waals surface area contributed by atoms with Crippen LogP contribution in [0.25, 0.3) is 0 Å². The number of nitrogens with zero attached hydrogens (tertiary/aromatic N) is 1. The molecule has 0 bridgehead atoms. The molecular formula is C23H30F5N3O3. The first-order chi connectivity index (χ1) is 16.0. The number of nitrogens with one attached hydrogen (secondary N) is 2. The van der Waals surface area contributed by atoms with Gasteiger partial charge in [0.2, 0.25) is 12.3 Å². The van der Waals surface area contributed by atoms with E-state index in [0.29, 0.717) is 17.5 Å². The van der Waals surface area contributed by atoms with Crippen molar-refractivity contribution in [3.05, 3.63) is 24.3 Å². The van der Waals surface area contributed by atoms with E-state index in [0.717, 1.165) is 19.0 Å². The first-order valence-electron chi connectivity index (χ1n) is 11.3. The highest BCUT2D eigenvalue weighted by Crippen LogP contribution is 2.49. The average molecular weight is 492 g/mol. The molecule has 0 unspecified atom stereocenters. The van der Waals surface area contributed by atoms with Gasteiger partial charge in [-0.25, -0.2) is 0 Å². The van der Waals surface area contributed by atoms with Gasteiger partial charge >= 0.3 is 12.8 Å². The minimum Gasteiger partial charge on any atom is -0.435 e. The summed E-state index contributed by atoms with van der Waals surface area (Å²) in [5.74, 6) is 0.320. The molecule has 1 aromatic carbocycles. The maximum Gasteiger partial charge on any atom is 0.411 e. The summed E-state index contributed by atoms with van der Waals surface area (Å²) in [6.45, 7) is 1.25. The molecule has 0 radical (unpaired) electrons. The van der Waals surface area contributed by atoms with Crippen LogP contribution >= 0.6 is 0 Å². The standard InChI is InChI=1S/C15H23F3N2O.C8H7F2NO2/c1-11-2-4-13(5-3-11)9-20(10-13)8-12(21)19-14(6-7-14)15(16,17)18;9-8(10)13-7-3-1-2-6(4-7)11-5-12/h11H,2-10H2,1H3,(H,19,21);1-5,8H,(H,11,12). The normalized spacial score (nSPS) is 21.1. The third-order valence-electron chi connectivity index (χ3n) is 6.78. The van der Waals surface area contributed by atoms with Crippen LogP contribution in [0.1, 0.15) is 45.4 Å². The second-order valence-electron chi connectivity index (χ2n) is 9.62. The number of alkyl halides is 5. The van der Waals surface area contributed by atoms with E-state index in [1.165, 1.54) is 43.9 Å². The van der Waals surface area contributed by atoms with E-state index in [9.17, 15) is 31.5 Å². The predicted molar refractivity (Wildman–Crippen MR) is 115 cm³/mol. The Morgan fingerprint density at radius 2 is 1.85 bits per heavy atom. The molecule has 34 heavy (non-hydrogen) atoms. The summed E-state index contributed by atoms with van der Waals surface area (Å²) in [5.41, 5.74) is -1.17. The maximum atomic E-state index is 12.8. The average Bonchev–Trinajstić information content (AvgIpc) is 3.50. The van der Waals surface area contributed by atoms with Crippen molar-refractivity contribution in [3.63, 3.8) is 0 Å². The van der Waals surface area contributed by atoms with Crippen LogP contribution in [0, 0.1) is 11.3 Å². The number of rotatable bonds is 7. The molecular weight excluding hydrogens is 461 g/mol. The van der Waals surface area contributed by atoms with Gasteiger partial charge in [-0.15, -0.1) is 0 Å². The Morgan fingerprint density at radius 3 is 2.38 bits per heavy atom. The third kappa shape index (κ3) is 6.80. The van der Waals surface area contributed by atoms with Crippen molar-refractivity contribution in [3.8, 4) is 5.75 Å². The van der Waals surface area contributed by atoms with Gasteiger partial charge in [0.15, 0.2) is 0 Å². The Bertz CT molecular complexity index is 844. The second-order valence-corrected chi connectivity index (χ2v) is 9.62. The number of anilines is 1. The number of hydrogen-bond donors (Lipinski definition) is 2. The molecule has 2 amide bonds. The first kappa shape index (κ1) is 26.2. The van der Waals surface area contributed by atoms with Crippen molar-refractivity contribution in [1.29, 1.82) is 0 Å². The highest BCUT2D eigenvalue weighted by atomic mass is 19.4. The van der Waals surface area contributed by atoms with Crippen LogP contribution < -0.4 is 15.4 Å². The van der Waals surface area contributed by atoms with Crippen molar-refractivity contribution in [1.82, 2.24) is 10.2 Å². The quantitative estimate of drug-likeness (QED) is 0.433. The molecule has 0 atom stereocenters. The van der Waals surface area contributed by atoms with E-state index in [1.54, 1.807) is 6.07 Å². The van der Waals surface area contributed by atoms with E-state index in [-0.39, 0.29) is 25.1 Å². The lowest BCUT2D eigenvalue weighted by Crippen LogP contribution is -2.60. The number of carbonyl (C=O) groups excluding carboxylic acids is 2. The number of benzene rings is 1. The zero-order valence-corrected chi connectivity index (χ0v) is 19.0. The highest BCUT2D eigenvalue weighted by molar-refractivity contribution is 5.79. The lowest BCUT2D eigenvalue weighted by molar-refractivity contribution is -0.171. The predicted octanol–water partition coefficient (Wildman–Crippen LogP) is 4.57. The van der Waals surface area contributed by atoms with E-state index in [2.05, 4.69) is 22.3 Å². The zero-order chi connectivity index (χ0) is 25.0. The topological polar surface area (TPSA) is 70.7 Å². The van der Waals surface area contributed by atoms with Crippen LogP contribution in [0.5, 0.6) is 5.75 Å². The van der Waals surface area contributed by atoms with Crippen molar-refractivity contribution >= 4 is 18.0 Å². The van der Waals surface area contributed by atoms with E-state index in [1.807, 2.05) is 4.90 Å². The molecule has 11 heteroatoms. The van der Waals surface area contributed by atoms with Crippen LogP contribution in [-0.2, 0) is 9.59 Å². The number of amides is 2. The summed E-state index contributed by atoms with van der Waals surface area (Å²) in [7, 11) is 0. The largest absolute Gasteiger partial charge is 0.435 e. The SMILES string of the molecule is CC1CCC2(CC1)CN(CC(=O)NC1(C(F)(F)F)CC1)C2.O=CNc1cccc(OC(F)F)c1. The van der Waals surface area contributed by atoms with Crippen molar-refractivity contribution < 1.29 is 36.3 Å². The number of ether oxygens (including phenoxy) is 1. The van der Waals surface area contributed by atoms with E-state index in [4.69, 9.17) is 0 Å². The molecule has 2 aliphatic carbocycles. The molecule has 0 aromatic heterocycles. The second kappa shape index (κ2) is 10.5. The van der Waals surface area contributed by atoms with Crippen LogP contribution in [-0.4, -0.2) is 55.2 Å². The maximum absolute atomic E-state index is 12.8. The molecule has 6 nitrogen and oxygen atoms in total. The number of hydrogen-bond acceptors (Lipinski definition) is 4. The Labute approximate surface area is 195 Å². The minimum atomic E-state index is -4.32. The smallest absolute Gasteiger partial charge is 0.411 e. The molecule has 2 N–H and O–H groups in total. The van der Waals surface area contributed by atoms with E-state index >= 15 is 0 Å². The van der Waals surface area contributed by atoms with Crippen LogP contribution in [0.15, 0.2) is 24.3 Å². The molecule has 1 spiro atoms.